The Morgan fingerprint density at radius 3 is 2.33 bits per heavy atom. The number of methoxy groups -OCH3 is 2. The average molecular weight is 566 g/mol. The van der Waals surface area contributed by atoms with Gasteiger partial charge in [-0.25, -0.2) is 4.98 Å². The van der Waals surface area contributed by atoms with E-state index in [1.165, 1.54) is 12.4 Å². The highest BCUT2D eigenvalue weighted by Crippen LogP contribution is 2.38. The van der Waals surface area contributed by atoms with Gasteiger partial charge in [-0.3, -0.25) is 19.3 Å². The van der Waals surface area contributed by atoms with E-state index in [2.05, 4.69) is 15.1 Å². The van der Waals surface area contributed by atoms with E-state index >= 15 is 0 Å². The van der Waals surface area contributed by atoms with E-state index in [4.69, 9.17) is 19.9 Å². The third-order valence-electron chi connectivity index (χ3n) is 6.75. The summed E-state index contributed by atoms with van der Waals surface area (Å²) >= 11 is 0. The number of nitrogens with zero attached hydrogens (tertiary/aromatic N) is 4. The summed E-state index contributed by atoms with van der Waals surface area (Å²) in [6, 6.07) is 15.9. The van der Waals surface area contributed by atoms with Gasteiger partial charge in [-0.05, 0) is 39.0 Å². The summed E-state index contributed by atoms with van der Waals surface area (Å²) in [7, 11) is 3.09. The summed E-state index contributed by atoms with van der Waals surface area (Å²) < 4.78 is 18.5. The van der Waals surface area contributed by atoms with Crippen LogP contribution < -0.4 is 25.4 Å². The Labute approximate surface area is 242 Å². The van der Waals surface area contributed by atoms with Crippen molar-refractivity contribution in [3.8, 4) is 34.3 Å². The van der Waals surface area contributed by atoms with Crippen molar-refractivity contribution in [2.45, 2.75) is 33.2 Å². The van der Waals surface area contributed by atoms with Gasteiger partial charge in [-0.15, -0.1) is 0 Å². The molecule has 0 spiro atoms. The molecule has 10 nitrogen and oxygen atoms in total. The first-order valence-electron chi connectivity index (χ1n) is 13.4. The Kier molecular flexibility index (Phi) is 7.88. The molecule has 5 rings (SSSR count). The van der Waals surface area contributed by atoms with Gasteiger partial charge >= 0.3 is 0 Å². The van der Waals surface area contributed by atoms with Crippen molar-refractivity contribution in [2.75, 3.05) is 20.0 Å². The summed E-state index contributed by atoms with van der Waals surface area (Å²) in [5, 5.41) is 5.18. The molecule has 0 fully saturated rings. The summed E-state index contributed by atoms with van der Waals surface area (Å²) in [6.07, 6.45) is 2.97. The SMILES string of the molecule is COc1cc2nc(N)cc(Oc3ccc(CC(=O)c4cn(C(C)C)nc(-c5ccc(C)cc5)c4=O)nc3)c2cc1OC. The molecule has 0 amide bonds. The standard InChI is InChI=1S/C32H31N5O5/c1-18(2)37-17-24(32(39)31(36-37)20-8-6-19(3)7-9-20)26(38)12-21-10-11-22(16-34-21)42-27-15-30(33)35-25-14-29(41-5)28(40-4)13-23(25)27/h6-11,13-18H,12H2,1-5H3,(H2,33,35). The fourth-order valence-electron chi connectivity index (χ4n) is 4.46. The second kappa shape index (κ2) is 11.7. The number of pyridine rings is 2. The third-order valence-corrected chi connectivity index (χ3v) is 6.75. The molecule has 0 aliphatic rings. The smallest absolute Gasteiger partial charge is 0.218 e. The molecule has 0 radical (unpaired) electrons. The minimum atomic E-state index is -0.407. The van der Waals surface area contributed by atoms with Crippen molar-refractivity contribution in [3.63, 3.8) is 0 Å². The lowest BCUT2D eigenvalue weighted by atomic mass is 10.0. The molecule has 0 aliphatic carbocycles. The lowest BCUT2D eigenvalue weighted by Gasteiger charge is -2.14. The van der Waals surface area contributed by atoms with Crippen molar-refractivity contribution in [1.82, 2.24) is 19.7 Å². The van der Waals surface area contributed by atoms with Crippen LogP contribution in [-0.4, -0.2) is 39.8 Å². The Hall–Kier alpha value is -5.25. The predicted molar refractivity (Wildman–Crippen MR) is 161 cm³/mol. The van der Waals surface area contributed by atoms with Crippen LogP contribution in [0, 0.1) is 6.92 Å². The maximum Gasteiger partial charge on any atom is 0.218 e. The number of rotatable bonds is 9. The van der Waals surface area contributed by atoms with Gasteiger partial charge in [0.05, 0.1) is 37.9 Å². The first-order valence-corrected chi connectivity index (χ1v) is 13.4. The van der Waals surface area contributed by atoms with Gasteiger partial charge in [0.2, 0.25) is 5.43 Å². The minimum Gasteiger partial charge on any atom is -0.493 e. The summed E-state index contributed by atoms with van der Waals surface area (Å²) in [5.74, 6) is 1.85. The number of carbonyl (C=O) groups is 1. The van der Waals surface area contributed by atoms with Crippen LogP contribution in [0.15, 0.2) is 71.8 Å². The van der Waals surface area contributed by atoms with E-state index in [1.54, 1.807) is 49.2 Å². The van der Waals surface area contributed by atoms with Crippen molar-refractivity contribution in [2.24, 2.45) is 0 Å². The first-order chi connectivity index (χ1) is 20.2. The molecule has 0 atom stereocenters. The lowest BCUT2D eigenvalue weighted by Crippen LogP contribution is -2.24. The van der Waals surface area contributed by atoms with E-state index in [9.17, 15) is 9.59 Å². The zero-order chi connectivity index (χ0) is 30.0. The van der Waals surface area contributed by atoms with Crippen LogP contribution in [0.3, 0.4) is 0 Å². The molecule has 10 heteroatoms. The number of anilines is 1. The van der Waals surface area contributed by atoms with Gasteiger partial charge in [0, 0.05) is 41.0 Å². The highest BCUT2D eigenvalue weighted by molar-refractivity contribution is 5.97. The minimum absolute atomic E-state index is 0.0461. The van der Waals surface area contributed by atoms with E-state index in [0.717, 1.165) is 5.56 Å². The molecule has 0 aliphatic heterocycles. The number of hydrogen-bond acceptors (Lipinski definition) is 9. The maximum absolute atomic E-state index is 13.4. The Balaban J connectivity index is 1.41. The summed E-state index contributed by atoms with van der Waals surface area (Å²) in [6.45, 7) is 5.85. The number of aromatic nitrogens is 4. The predicted octanol–water partition coefficient (Wildman–Crippen LogP) is 5.56. The average Bonchev–Trinajstić information content (AvgIpc) is 2.97. The number of ketones is 1. The van der Waals surface area contributed by atoms with E-state index in [1.807, 2.05) is 45.0 Å². The van der Waals surface area contributed by atoms with Crippen molar-refractivity contribution in [3.05, 3.63) is 94.0 Å². The number of benzene rings is 2. The van der Waals surface area contributed by atoms with Gasteiger partial charge in [-0.1, -0.05) is 29.8 Å². The highest BCUT2D eigenvalue weighted by Gasteiger charge is 2.20. The van der Waals surface area contributed by atoms with Crippen molar-refractivity contribution >= 4 is 22.5 Å². The quantitative estimate of drug-likeness (QED) is 0.228. The number of carbonyl (C=O) groups excluding carboxylic acids is 1. The Morgan fingerprint density at radius 2 is 1.69 bits per heavy atom. The van der Waals surface area contributed by atoms with Crippen LogP contribution >= 0.6 is 0 Å². The fraction of sp³-hybridized carbons (Fsp3) is 0.219. The number of hydrogen-bond donors (Lipinski definition) is 1. The number of Topliss-reactive ketones (excluding diaryl/α,β-unsaturated/α-hetero) is 1. The lowest BCUT2D eigenvalue weighted by molar-refractivity contribution is 0.0989. The topological polar surface area (TPSA) is 131 Å². The molecular formula is C32H31N5O5. The molecule has 2 N–H and O–H groups in total. The van der Waals surface area contributed by atoms with Gasteiger partial charge < -0.3 is 19.9 Å². The molecule has 5 aromatic rings. The molecule has 0 unspecified atom stereocenters. The maximum atomic E-state index is 13.4. The largest absolute Gasteiger partial charge is 0.493 e. The number of ether oxygens (including phenoxy) is 3. The molecule has 2 aromatic carbocycles. The van der Waals surface area contributed by atoms with Gasteiger partial charge in [0.1, 0.15) is 23.0 Å². The fourth-order valence-corrected chi connectivity index (χ4v) is 4.46. The van der Waals surface area contributed by atoms with Gasteiger partial charge in [0.25, 0.3) is 0 Å². The zero-order valence-corrected chi connectivity index (χ0v) is 24.0. The van der Waals surface area contributed by atoms with Gasteiger partial charge in [0.15, 0.2) is 17.3 Å². The van der Waals surface area contributed by atoms with E-state index < -0.39 is 5.43 Å². The number of fused-ring (bicyclic) bond motifs is 1. The monoisotopic (exact) mass is 565 g/mol. The molecular weight excluding hydrogens is 534 g/mol. The molecule has 214 valence electrons. The molecule has 0 bridgehead atoms. The summed E-state index contributed by atoms with van der Waals surface area (Å²) in [5.41, 5.74) is 8.71. The number of aryl methyl sites for hydroxylation is 1. The van der Waals surface area contributed by atoms with Crippen LogP contribution in [0.5, 0.6) is 23.0 Å². The van der Waals surface area contributed by atoms with Crippen molar-refractivity contribution < 1.29 is 19.0 Å². The van der Waals surface area contributed by atoms with Crippen LogP contribution in [0.25, 0.3) is 22.2 Å². The number of nitrogens with two attached hydrogens (primary N) is 1. The Morgan fingerprint density at radius 1 is 0.976 bits per heavy atom. The summed E-state index contributed by atoms with van der Waals surface area (Å²) in [4.78, 5) is 35.5. The molecule has 3 aromatic heterocycles. The molecule has 3 heterocycles. The van der Waals surface area contributed by atoms with Crippen LogP contribution in [-0.2, 0) is 6.42 Å². The number of nitrogen functional groups attached to an aromatic ring is 1. The van der Waals surface area contributed by atoms with E-state index in [0.29, 0.717) is 45.2 Å². The van der Waals surface area contributed by atoms with Gasteiger partial charge in [-0.2, -0.15) is 5.10 Å². The second-order valence-electron chi connectivity index (χ2n) is 10.1. The van der Waals surface area contributed by atoms with Crippen molar-refractivity contribution in [1.29, 1.82) is 0 Å². The molecule has 0 saturated heterocycles. The molecule has 0 saturated carbocycles. The Bertz CT molecular complexity index is 1830. The highest BCUT2D eigenvalue weighted by atomic mass is 16.5. The van der Waals surface area contributed by atoms with E-state index in [-0.39, 0.29) is 35.3 Å². The second-order valence-corrected chi connectivity index (χ2v) is 10.1. The molecule has 42 heavy (non-hydrogen) atoms. The first kappa shape index (κ1) is 28.3. The normalized spacial score (nSPS) is 11.1. The van der Waals surface area contributed by atoms with Crippen LogP contribution in [0.4, 0.5) is 5.82 Å². The van der Waals surface area contributed by atoms with Crippen LogP contribution in [0.1, 0.15) is 41.5 Å². The third kappa shape index (κ3) is 5.78. The van der Waals surface area contributed by atoms with Crippen LogP contribution in [0.2, 0.25) is 0 Å². The zero-order valence-electron chi connectivity index (χ0n) is 24.0.